The first kappa shape index (κ1) is 25.6. The number of aliphatic imine (C=N–C) groups is 1. The number of amidine groups is 1. The van der Waals surface area contributed by atoms with Crippen LogP contribution in [0.2, 0.25) is 0 Å². The number of nitriles is 1. The van der Waals surface area contributed by atoms with Gasteiger partial charge in [0.1, 0.15) is 11.9 Å². The van der Waals surface area contributed by atoms with Crippen LogP contribution >= 0.6 is 0 Å². The predicted octanol–water partition coefficient (Wildman–Crippen LogP) is 2.13. The van der Waals surface area contributed by atoms with E-state index >= 15 is 0 Å². The second-order valence-corrected chi connectivity index (χ2v) is 9.84. The molecule has 35 heavy (non-hydrogen) atoms. The van der Waals surface area contributed by atoms with Gasteiger partial charge in [0.25, 0.3) is 0 Å². The van der Waals surface area contributed by atoms with Crippen LogP contribution in [0.4, 0.5) is 4.79 Å². The molecule has 0 saturated heterocycles. The molecule has 0 atom stereocenters. The maximum atomic E-state index is 12.7. The molecule has 0 unspecified atom stereocenters. The number of carboxylic acid groups (broad SMARTS) is 1. The number of hydrogen-bond donors (Lipinski definition) is 1. The number of carbonyl (C=O) groups excluding carboxylic acids is 1. The number of amides is 2. The molecule has 0 aromatic heterocycles. The van der Waals surface area contributed by atoms with E-state index in [9.17, 15) is 23.1 Å². The summed E-state index contributed by atoms with van der Waals surface area (Å²) in [6.45, 7) is 1.02. The third-order valence-electron chi connectivity index (χ3n) is 5.40. The van der Waals surface area contributed by atoms with Crippen LogP contribution in [-0.4, -0.2) is 79.2 Å². The smallest absolute Gasteiger partial charge is 0.413 e. The van der Waals surface area contributed by atoms with Crippen LogP contribution in [0, 0.1) is 11.3 Å². The molecule has 11 heteroatoms. The van der Waals surface area contributed by atoms with Gasteiger partial charge in [-0.15, -0.1) is 0 Å². The summed E-state index contributed by atoms with van der Waals surface area (Å²) in [6.07, 6.45) is 1.71. The van der Waals surface area contributed by atoms with Gasteiger partial charge in [0.2, 0.25) is 15.9 Å². The van der Waals surface area contributed by atoms with Crippen LogP contribution in [0.5, 0.6) is 0 Å². The molecule has 1 aliphatic heterocycles. The zero-order chi connectivity index (χ0) is 25.6. The van der Waals surface area contributed by atoms with Gasteiger partial charge in [0.15, 0.2) is 0 Å². The summed E-state index contributed by atoms with van der Waals surface area (Å²) < 4.78 is 26.6. The van der Waals surface area contributed by atoms with Crippen molar-refractivity contribution in [1.29, 1.82) is 5.26 Å². The molecule has 0 radical (unpaired) electrons. The normalized spacial score (nSPS) is 13.7. The summed E-state index contributed by atoms with van der Waals surface area (Å²) >= 11 is 0. The van der Waals surface area contributed by atoms with Crippen LogP contribution in [0.3, 0.4) is 0 Å². The van der Waals surface area contributed by atoms with Crippen molar-refractivity contribution in [2.45, 2.75) is 11.4 Å². The highest BCUT2D eigenvalue weighted by Crippen LogP contribution is 2.18. The largest absolute Gasteiger partial charge is 0.465 e. The predicted molar refractivity (Wildman–Crippen MR) is 129 cm³/mol. The van der Waals surface area contributed by atoms with Gasteiger partial charge >= 0.3 is 6.09 Å². The van der Waals surface area contributed by atoms with Crippen molar-refractivity contribution in [2.24, 2.45) is 4.99 Å². The van der Waals surface area contributed by atoms with E-state index < -0.39 is 16.1 Å². The lowest BCUT2D eigenvalue weighted by Crippen LogP contribution is -2.33. The Bertz CT molecular complexity index is 1310. The lowest BCUT2D eigenvalue weighted by Gasteiger charge is -2.18. The Morgan fingerprint density at radius 2 is 1.86 bits per heavy atom. The lowest BCUT2D eigenvalue weighted by atomic mass is 10.1. The molecule has 0 spiro atoms. The lowest BCUT2D eigenvalue weighted by molar-refractivity contribution is -0.125. The first-order valence-corrected chi connectivity index (χ1v) is 12.1. The van der Waals surface area contributed by atoms with Gasteiger partial charge in [0, 0.05) is 38.8 Å². The maximum absolute atomic E-state index is 12.7. The Kier molecular flexibility index (Phi) is 8.01. The van der Waals surface area contributed by atoms with Crippen molar-refractivity contribution in [3.05, 3.63) is 77.4 Å². The quantitative estimate of drug-likeness (QED) is 0.558. The van der Waals surface area contributed by atoms with Crippen molar-refractivity contribution in [3.63, 3.8) is 0 Å². The molecular formula is C24H25N5O5S. The van der Waals surface area contributed by atoms with E-state index in [1.165, 1.54) is 41.1 Å². The third kappa shape index (κ3) is 5.92. The van der Waals surface area contributed by atoms with Gasteiger partial charge in [0.05, 0.1) is 23.5 Å². The Balaban J connectivity index is 1.58. The molecule has 10 nitrogen and oxygen atoms in total. The second kappa shape index (κ2) is 10.9. The minimum Gasteiger partial charge on any atom is -0.465 e. The fraction of sp³-hybridized carbons (Fsp3) is 0.250. The van der Waals surface area contributed by atoms with Crippen LogP contribution in [0.15, 0.2) is 70.6 Å². The van der Waals surface area contributed by atoms with Crippen LogP contribution in [-0.2, 0) is 21.4 Å². The topological polar surface area (TPSA) is 134 Å². The minimum atomic E-state index is -3.88. The highest BCUT2D eigenvalue weighted by Gasteiger charge is 2.24. The van der Waals surface area contributed by atoms with Gasteiger partial charge < -0.3 is 10.0 Å². The molecule has 2 aromatic carbocycles. The molecule has 3 rings (SSSR count). The Hall–Kier alpha value is -4.01. The van der Waals surface area contributed by atoms with Gasteiger partial charge in [-0.2, -0.15) is 9.57 Å². The molecule has 0 bridgehead atoms. The molecule has 1 aliphatic rings. The van der Waals surface area contributed by atoms with Gasteiger partial charge in [-0.25, -0.2) is 13.2 Å². The molecule has 0 fully saturated rings. The highest BCUT2D eigenvalue weighted by atomic mass is 32.2. The molecule has 182 valence electrons. The van der Waals surface area contributed by atoms with E-state index in [1.54, 1.807) is 43.4 Å². The highest BCUT2D eigenvalue weighted by molar-refractivity contribution is 7.89. The summed E-state index contributed by atoms with van der Waals surface area (Å²) in [5, 5.41) is 18.4. The Morgan fingerprint density at radius 3 is 2.51 bits per heavy atom. The number of benzene rings is 2. The van der Waals surface area contributed by atoms with Crippen LogP contribution in [0.25, 0.3) is 0 Å². The summed E-state index contributed by atoms with van der Waals surface area (Å²) in [4.78, 5) is 30.6. The average molecular weight is 496 g/mol. The molecule has 2 aromatic rings. The number of rotatable bonds is 8. The van der Waals surface area contributed by atoms with Crippen molar-refractivity contribution in [2.75, 3.05) is 33.7 Å². The van der Waals surface area contributed by atoms with Crippen molar-refractivity contribution in [1.82, 2.24) is 14.1 Å². The standard InChI is InChI=1S/C24H25N5O5S/c1-27(17-18-9-11-19(12-10-18)23-26-13-15-29(23)24(31)32)22(30)8-5-14-28(2)35(33,34)21-7-4-3-6-20(21)16-25/h3-12H,13-15,17H2,1-2H3,(H,31,32)/b8-5+. The number of nitrogens with zero attached hydrogens (tertiary/aromatic N) is 5. The Labute approximate surface area is 204 Å². The van der Waals surface area contributed by atoms with E-state index in [0.717, 1.165) is 9.87 Å². The van der Waals surface area contributed by atoms with E-state index in [1.807, 2.05) is 6.07 Å². The SMILES string of the molecule is CN(Cc1ccc(C2=NCCN2C(=O)O)cc1)C(=O)/C=C/CN(C)S(=O)(=O)c1ccccc1C#N. The first-order valence-electron chi connectivity index (χ1n) is 10.7. The third-order valence-corrected chi connectivity index (χ3v) is 7.28. The van der Waals surface area contributed by atoms with Crippen LogP contribution < -0.4 is 0 Å². The molecule has 1 N–H and O–H groups in total. The first-order chi connectivity index (χ1) is 16.6. The molecule has 0 saturated carbocycles. The van der Waals surface area contributed by atoms with E-state index in [2.05, 4.69) is 4.99 Å². The number of hydrogen-bond acceptors (Lipinski definition) is 6. The summed E-state index contributed by atoms with van der Waals surface area (Å²) in [6, 6.07) is 15.0. The molecule has 0 aliphatic carbocycles. The zero-order valence-corrected chi connectivity index (χ0v) is 20.1. The van der Waals surface area contributed by atoms with E-state index in [4.69, 9.17) is 5.26 Å². The van der Waals surface area contributed by atoms with Gasteiger partial charge in [-0.3, -0.25) is 14.7 Å². The number of sulfonamides is 1. The Morgan fingerprint density at radius 1 is 1.17 bits per heavy atom. The molecule has 2 amide bonds. The van der Waals surface area contributed by atoms with Crippen molar-refractivity contribution in [3.8, 4) is 6.07 Å². The van der Waals surface area contributed by atoms with Crippen molar-refractivity contribution < 1.29 is 23.1 Å². The number of carbonyl (C=O) groups is 2. The fourth-order valence-electron chi connectivity index (χ4n) is 3.47. The number of likely N-dealkylation sites (N-methyl/N-ethyl adjacent to an activating group) is 2. The van der Waals surface area contributed by atoms with Crippen molar-refractivity contribution >= 4 is 27.9 Å². The van der Waals surface area contributed by atoms with E-state index in [-0.39, 0.29) is 22.9 Å². The minimum absolute atomic E-state index is 0.0431. The molecule has 1 heterocycles. The molecular weight excluding hydrogens is 470 g/mol. The van der Waals surface area contributed by atoms with Gasteiger partial charge in [-0.05, 0) is 17.7 Å². The average Bonchev–Trinajstić information content (AvgIpc) is 3.34. The fourth-order valence-corrected chi connectivity index (χ4v) is 4.73. The maximum Gasteiger partial charge on any atom is 0.413 e. The summed E-state index contributed by atoms with van der Waals surface area (Å²) in [7, 11) is -0.883. The second-order valence-electron chi connectivity index (χ2n) is 7.83. The van der Waals surface area contributed by atoms with Crippen LogP contribution in [0.1, 0.15) is 16.7 Å². The summed E-state index contributed by atoms with van der Waals surface area (Å²) in [5.41, 5.74) is 1.58. The van der Waals surface area contributed by atoms with E-state index in [0.29, 0.717) is 31.0 Å². The van der Waals surface area contributed by atoms with Gasteiger partial charge in [-0.1, -0.05) is 42.5 Å². The summed E-state index contributed by atoms with van der Waals surface area (Å²) in [5.74, 6) is 0.0994. The zero-order valence-electron chi connectivity index (χ0n) is 19.3. The monoisotopic (exact) mass is 495 g/mol.